The van der Waals surface area contributed by atoms with Gasteiger partial charge in [0.2, 0.25) is 5.91 Å². The van der Waals surface area contributed by atoms with E-state index in [-0.39, 0.29) is 24.5 Å². The lowest BCUT2D eigenvalue weighted by molar-refractivity contribution is -0.130. The Balaban J connectivity index is 1.48. The SMILES string of the molecule is CN(Cc1ccc(N2CCOCC2)cc1)C(=O)CCC(=O)c1ccc(Br)cc1. The summed E-state index contributed by atoms with van der Waals surface area (Å²) in [4.78, 5) is 28.6. The molecule has 1 heterocycles. The Kier molecular flexibility index (Phi) is 7.23. The molecule has 0 aromatic heterocycles. The first-order valence-corrected chi connectivity index (χ1v) is 10.3. The largest absolute Gasteiger partial charge is 0.378 e. The van der Waals surface area contributed by atoms with Crippen molar-refractivity contribution >= 4 is 33.3 Å². The molecule has 0 unspecified atom stereocenters. The summed E-state index contributed by atoms with van der Waals surface area (Å²) in [7, 11) is 1.78. The van der Waals surface area contributed by atoms with Crippen LogP contribution in [0.2, 0.25) is 0 Å². The Hall–Kier alpha value is -2.18. The molecule has 3 rings (SSSR count). The molecule has 1 saturated heterocycles. The number of benzene rings is 2. The molecule has 1 aliphatic heterocycles. The van der Waals surface area contributed by atoms with Crippen molar-refractivity contribution in [2.24, 2.45) is 0 Å². The summed E-state index contributed by atoms with van der Waals surface area (Å²) in [5, 5.41) is 0. The lowest BCUT2D eigenvalue weighted by Crippen LogP contribution is -2.36. The molecule has 0 saturated carbocycles. The molecule has 6 heteroatoms. The minimum Gasteiger partial charge on any atom is -0.378 e. The van der Waals surface area contributed by atoms with Crippen molar-refractivity contribution in [2.75, 3.05) is 38.3 Å². The van der Waals surface area contributed by atoms with Crippen LogP contribution in [0.25, 0.3) is 0 Å². The molecule has 148 valence electrons. The first-order chi connectivity index (χ1) is 13.5. The Morgan fingerprint density at radius 1 is 1.00 bits per heavy atom. The van der Waals surface area contributed by atoms with E-state index in [9.17, 15) is 9.59 Å². The third-order valence-electron chi connectivity index (χ3n) is 4.89. The number of morpholine rings is 1. The molecule has 1 fully saturated rings. The van der Waals surface area contributed by atoms with Crippen LogP contribution in [0.15, 0.2) is 53.0 Å². The van der Waals surface area contributed by atoms with Crippen molar-refractivity contribution in [1.29, 1.82) is 0 Å². The van der Waals surface area contributed by atoms with E-state index in [1.54, 1.807) is 24.1 Å². The molecular weight excluding hydrogens is 420 g/mol. The quantitative estimate of drug-likeness (QED) is 0.607. The topological polar surface area (TPSA) is 49.9 Å². The first-order valence-electron chi connectivity index (χ1n) is 9.47. The van der Waals surface area contributed by atoms with E-state index in [1.165, 1.54) is 5.69 Å². The van der Waals surface area contributed by atoms with Crippen LogP contribution in [0.1, 0.15) is 28.8 Å². The van der Waals surface area contributed by atoms with Gasteiger partial charge in [0.1, 0.15) is 0 Å². The predicted molar refractivity (Wildman–Crippen MR) is 114 cm³/mol. The summed E-state index contributed by atoms with van der Waals surface area (Å²) in [6, 6.07) is 15.5. The standard InChI is InChI=1S/C22H25BrN2O3/c1-24(22(27)11-10-21(26)18-4-6-19(23)7-5-18)16-17-2-8-20(9-3-17)25-12-14-28-15-13-25/h2-9H,10-16H2,1H3. The smallest absolute Gasteiger partial charge is 0.223 e. The summed E-state index contributed by atoms with van der Waals surface area (Å²) in [5.74, 6) is -0.0353. The average Bonchev–Trinajstić information content (AvgIpc) is 2.73. The predicted octanol–water partition coefficient (Wildman–Crippen LogP) is 3.91. The molecule has 2 aromatic carbocycles. The Morgan fingerprint density at radius 3 is 2.29 bits per heavy atom. The Bertz CT molecular complexity index is 800. The molecule has 0 atom stereocenters. The maximum absolute atomic E-state index is 12.4. The molecule has 0 radical (unpaired) electrons. The van der Waals surface area contributed by atoms with Gasteiger partial charge in [-0.05, 0) is 29.8 Å². The number of carbonyl (C=O) groups is 2. The maximum atomic E-state index is 12.4. The zero-order valence-corrected chi connectivity index (χ0v) is 17.7. The Labute approximate surface area is 174 Å². The van der Waals surface area contributed by atoms with E-state index < -0.39 is 0 Å². The molecule has 2 aromatic rings. The number of amides is 1. The molecule has 0 N–H and O–H groups in total. The average molecular weight is 445 g/mol. The van der Waals surface area contributed by atoms with Crippen molar-refractivity contribution < 1.29 is 14.3 Å². The van der Waals surface area contributed by atoms with Crippen LogP contribution in [0, 0.1) is 0 Å². The van der Waals surface area contributed by atoms with Gasteiger partial charge in [0, 0.05) is 55.2 Å². The number of hydrogen-bond acceptors (Lipinski definition) is 4. The highest BCUT2D eigenvalue weighted by molar-refractivity contribution is 9.10. The second kappa shape index (κ2) is 9.85. The number of halogens is 1. The van der Waals surface area contributed by atoms with Gasteiger partial charge in [-0.15, -0.1) is 0 Å². The lowest BCUT2D eigenvalue weighted by atomic mass is 10.1. The van der Waals surface area contributed by atoms with Crippen molar-refractivity contribution in [2.45, 2.75) is 19.4 Å². The molecule has 1 aliphatic rings. The van der Waals surface area contributed by atoms with Gasteiger partial charge in [0.05, 0.1) is 13.2 Å². The van der Waals surface area contributed by atoms with Gasteiger partial charge >= 0.3 is 0 Å². The number of Topliss-reactive ketones (excluding diaryl/α,β-unsaturated/α-hetero) is 1. The van der Waals surface area contributed by atoms with Gasteiger partial charge in [0.25, 0.3) is 0 Å². The summed E-state index contributed by atoms with van der Waals surface area (Å²) in [6.07, 6.45) is 0.442. The van der Waals surface area contributed by atoms with Gasteiger partial charge in [-0.3, -0.25) is 9.59 Å². The van der Waals surface area contributed by atoms with E-state index in [0.29, 0.717) is 12.1 Å². The van der Waals surface area contributed by atoms with Crippen LogP contribution in [0.5, 0.6) is 0 Å². The molecular formula is C22H25BrN2O3. The zero-order chi connectivity index (χ0) is 19.9. The van der Waals surface area contributed by atoms with Crippen LogP contribution in [-0.4, -0.2) is 49.9 Å². The second-order valence-electron chi connectivity index (χ2n) is 6.95. The van der Waals surface area contributed by atoms with Crippen LogP contribution < -0.4 is 4.90 Å². The van der Waals surface area contributed by atoms with Gasteiger partial charge < -0.3 is 14.5 Å². The number of hydrogen-bond donors (Lipinski definition) is 0. The van der Waals surface area contributed by atoms with Gasteiger partial charge in [-0.2, -0.15) is 0 Å². The number of rotatable bonds is 7. The van der Waals surface area contributed by atoms with Crippen molar-refractivity contribution in [3.05, 3.63) is 64.1 Å². The maximum Gasteiger partial charge on any atom is 0.223 e. The van der Waals surface area contributed by atoms with E-state index in [1.807, 2.05) is 12.1 Å². The number of nitrogens with zero attached hydrogens (tertiary/aromatic N) is 2. The van der Waals surface area contributed by atoms with Gasteiger partial charge in [0.15, 0.2) is 5.78 Å². The normalized spacial score (nSPS) is 14.0. The number of ketones is 1. The third kappa shape index (κ3) is 5.66. The number of anilines is 1. The second-order valence-corrected chi connectivity index (χ2v) is 7.86. The summed E-state index contributed by atoms with van der Waals surface area (Å²) in [6.45, 7) is 3.87. The van der Waals surface area contributed by atoms with E-state index in [0.717, 1.165) is 36.3 Å². The highest BCUT2D eigenvalue weighted by atomic mass is 79.9. The Morgan fingerprint density at radius 2 is 1.64 bits per heavy atom. The van der Waals surface area contributed by atoms with E-state index in [2.05, 4.69) is 45.1 Å². The van der Waals surface area contributed by atoms with Gasteiger partial charge in [-0.1, -0.05) is 40.2 Å². The molecule has 0 spiro atoms. The number of ether oxygens (including phenoxy) is 1. The van der Waals surface area contributed by atoms with Crippen LogP contribution in [-0.2, 0) is 16.1 Å². The van der Waals surface area contributed by atoms with E-state index in [4.69, 9.17) is 4.74 Å². The monoisotopic (exact) mass is 444 g/mol. The van der Waals surface area contributed by atoms with Crippen LogP contribution in [0.3, 0.4) is 0 Å². The molecule has 5 nitrogen and oxygen atoms in total. The third-order valence-corrected chi connectivity index (χ3v) is 5.42. The lowest BCUT2D eigenvalue weighted by Gasteiger charge is -2.29. The van der Waals surface area contributed by atoms with Crippen LogP contribution in [0.4, 0.5) is 5.69 Å². The zero-order valence-electron chi connectivity index (χ0n) is 16.1. The fourth-order valence-corrected chi connectivity index (χ4v) is 3.45. The van der Waals surface area contributed by atoms with E-state index >= 15 is 0 Å². The van der Waals surface area contributed by atoms with Crippen molar-refractivity contribution in [1.82, 2.24) is 4.90 Å². The molecule has 0 aliphatic carbocycles. The highest BCUT2D eigenvalue weighted by Crippen LogP contribution is 2.18. The molecule has 28 heavy (non-hydrogen) atoms. The number of carbonyl (C=O) groups excluding carboxylic acids is 2. The fraction of sp³-hybridized carbons (Fsp3) is 0.364. The molecule has 1 amide bonds. The van der Waals surface area contributed by atoms with Crippen molar-refractivity contribution in [3.63, 3.8) is 0 Å². The fourth-order valence-electron chi connectivity index (χ4n) is 3.19. The van der Waals surface area contributed by atoms with Gasteiger partial charge in [-0.25, -0.2) is 0 Å². The van der Waals surface area contributed by atoms with Crippen LogP contribution >= 0.6 is 15.9 Å². The first kappa shape index (κ1) is 20.6. The van der Waals surface area contributed by atoms with Crippen molar-refractivity contribution in [3.8, 4) is 0 Å². The highest BCUT2D eigenvalue weighted by Gasteiger charge is 2.14. The summed E-state index contributed by atoms with van der Waals surface area (Å²) in [5.41, 5.74) is 2.89. The summed E-state index contributed by atoms with van der Waals surface area (Å²) < 4.78 is 6.32. The minimum atomic E-state index is -0.0253. The summed E-state index contributed by atoms with van der Waals surface area (Å²) >= 11 is 3.35. The molecule has 0 bridgehead atoms. The minimum absolute atomic E-state index is 0.0101.